The zero-order valence-corrected chi connectivity index (χ0v) is 13.5. The first-order chi connectivity index (χ1) is 11.2. The van der Waals surface area contributed by atoms with Crippen molar-refractivity contribution in [2.24, 2.45) is 5.92 Å². The van der Waals surface area contributed by atoms with Crippen LogP contribution in [-0.2, 0) is 0 Å². The summed E-state index contributed by atoms with van der Waals surface area (Å²) >= 11 is 5.91. The number of aliphatic hydroxyl groups excluding tert-OH is 1. The molecule has 1 aliphatic carbocycles. The number of aliphatic hydroxyl groups is 1. The summed E-state index contributed by atoms with van der Waals surface area (Å²) in [6.07, 6.45) is 5.28. The van der Waals surface area contributed by atoms with Crippen molar-refractivity contribution in [3.8, 4) is 11.3 Å². The van der Waals surface area contributed by atoms with Crippen molar-refractivity contribution in [2.45, 2.75) is 31.7 Å². The van der Waals surface area contributed by atoms with Gasteiger partial charge in [0, 0.05) is 23.2 Å². The van der Waals surface area contributed by atoms with Gasteiger partial charge in [-0.05, 0) is 43.7 Å². The number of aromatic nitrogens is 2. The van der Waals surface area contributed by atoms with E-state index in [0.717, 1.165) is 31.2 Å². The summed E-state index contributed by atoms with van der Waals surface area (Å²) in [5, 5.41) is 19.8. The van der Waals surface area contributed by atoms with Crippen LogP contribution in [0.15, 0.2) is 30.5 Å². The van der Waals surface area contributed by atoms with Gasteiger partial charge >= 0.3 is 0 Å². The number of carbonyl (C=O) groups excluding carboxylic acids is 1. The first-order valence-electron chi connectivity index (χ1n) is 7.88. The zero-order chi connectivity index (χ0) is 16.2. The van der Waals surface area contributed by atoms with Gasteiger partial charge in [0.1, 0.15) is 0 Å². The Morgan fingerprint density at radius 3 is 2.61 bits per heavy atom. The van der Waals surface area contributed by atoms with Gasteiger partial charge in [-0.3, -0.25) is 9.89 Å². The maximum Gasteiger partial charge on any atom is 0.255 e. The van der Waals surface area contributed by atoms with E-state index in [1.807, 2.05) is 12.1 Å². The van der Waals surface area contributed by atoms with E-state index in [9.17, 15) is 9.90 Å². The van der Waals surface area contributed by atoms with E-state index < -0.39 is 0 Å². The highest BCUT2D eigenvalue weighted by atomic mass is 35.5. The topological polar surface area (TPSA) is 78.0 Å². The summed E-state index contributed by atoms with van der Waals surface area (Å²) in [4.78, 5) is 12.5. The van der Waals surface area contributed by atoms with Gasteiger partial charge in [-0.2, -0.15) is 5.10 Å². The van der Waals surface area contributed by atoms with Gasteiger partial charge < -0.3 is 10.4 Å². The number of hydrogen-bond donors (Lipinski definition) is 3. The summed E-state index contributed by atoms with van der Waals surface area (Å²) < 4.78 is 0. The van der Waals surface area contributed by atoms with Gasteiger partial charge in [0.15, 0.2) is 0 Å². The predicted molar refractivity (Wildman–Crippen MR) is 89.3 cm³/mol. The lowest BCUT2D eigenvalue weighted by Crippen LogP contribution is -2.38. The molecule has 23 heavy (non-hydrogen) atoms. The minimum atomic E-state index is -0.115. The Bertz CT molecular complexity index is 661. The molecule has 3 rings (SSSR count). The van der Waals surface area contributed by atoms with E-state index in [1.54, 1.807) is 18.3 Å². The van der Waals surface area contributed by atoms with Crippen molar-refractivity contribution in [2.75, 3.05) is 6.61 Å². The van der Waals surface area contributed by atoms with E-state index in [-0.39, 0.29) is 18.6 Å². The molecule has 5 nitrogen and oxygen atoms in total. The second-order valence-electron chi connectivity index (χ2n) is 6.04. The summed E-state index contributed by atoms with van der Waals surface area (Å²) in [7, 11) is 0. The van der Waals surface area contributed by atoms with Crippen LogP contribution < -0.4 is 5.32 Å². The van der Waals surface area contributed by atoms with Crippen LogP contribution in [0, 0.1) is 5.92 Å². The van der Waals surface area contributed by atoms with Crippen LogP contribution in [0.25, 0.3) is 11.3 Å². The molecule has 0 saturated heterocycles. The summed E-state index contributed by atoms with van der Waals surface area (Å²) in [6.45, 7) is 0.239. The number of H-pyrrole nitrogens is 1. The van der Waals surface area contributed by atoms with Crippen molar-refractivity contribution in [1.29, 1.82) is 0 Å². The molecule has 1 aromatic carbocycles. The van der Waals surface area contributed by atoms with Crippen LogP contribution in [0.5, 0.6) is 0 Å². The van der Waals surface area contributed by atoms with Gasteiger partial charge in [-0.25, -0.2) is 0 Å². The Kier molecular flexibility index (Phi) is 4.98. The summed E-state index contributed by atoms with van der Waals surface area (Å²) in [5.41, 5.74) is 2.11. The Balaban J connectivity index is 1.69. The third kappa shape index (κ3) is 3.74. The molecule has 0 atom stereocenters. The Morgan fingerprint density at radius 2 is 1.96 bits per heavy atom. The summed E-state index contributed by atoms with van der Waals surface area (Å²) in [6, 6.07) is 7.46. The minimum Gasteiger partial charge on any atom is -0.396 e. The SMILES string of the molecule is O=C(NC1CCC(CO)CC1)c1cn[nH]c1-c1ccc(Cl)cc1. The molecule has 0 bridgehead atoms. The first-order valence-corrected chi connectivity index (χ1v) is 8.26. The van der Waals surface area contributed by atoms with Crippen LogP contribution in [0.3, 0.4) is 0 Å². The van der Waals surface area contributed by atoms with E-state index in [1.165, 1.54) is 0 Å². The second-order valence-corrected chi connectivity index (χ2v) is 6.48. The second kappa shape index (κ2) is 7.15. The van der Waals surface area contributed by atoms with E-state index in [0.29, 0.717) is 22.2 Å². The van der Waals surface area contributed by atoms with Crippen LogP contribution in [0.2, 0.25) is 5.02 Å². The number of benzene rings is 1. The van der Waals surface area contributed by atoms with Gasteiger partial charge in [0.2, 0.25) is 0 Å². The minimum absolute atomic E-state index is 0.115. The highest BCUT2D eigenvalue weighted by molar-refractivity contribution is 6.30. The standard InChI is InChI=1S/C17H20ClN3O2/c18-13-5-3-12(4-6-13)16-15(9-19-21-16)17(23)20-14-7-1-11(10-22)2-8-14/h3-6,9,11,14,22H,1-2,7-8,10H2,(H,19,21)(H,20,23). The maximum atomic E-state index is 12.5. The summed E-state index contributed by atoms with van der Waals surface area (Å²) in [5.74, 6) is 0.262. The van der Waals surface area contributed by atoms with Gasteiger partial charge in [-0.15, -0.1) is 0 Å². The molecule has 1 aromatic heterocycles. The molecule has 1 saturated carbocycles. The molecular weight excluding hydrogens is 314 g/mol. The molecule has 1 aliphatic rings. The number of aromatic amines is 1. The van der Waals surface area contributed by atoms with Crippen molar-refractivity contribution in [3.63, 3.8) is 0 Å². The monoisotopic (exact) mass is 333 g/mol. The smallest absolute Gasteiger partial charge is 0.255 e. The molecule has 1 heterocycles. The van der Waals surface area contributed by atoms with E-state index in [2.05, 4.69) is 15.5 Å². The van der Waals surface area contributed by atoms with Gasteiger partial charge in [-0.1, -0.05) is 23.7 Å². The number of rotatable bonds is 4. The van der Waals surface area contributed by atoms with Crippen LogP contribution in [0.4, 0.5) is 0 Å². The number of halogens is 1. The zero-order valence-electron chi connectivity index (χ0n) is 12.8. The first kappa shape index (κ1) is 16.0. The number of amides is 1. The third-order valence-corrected chi connectivity index (χ3v) is 4.71. The molecule has 0 aliphatic heterocycles. The lowest BCUT2D eigenvalue weighted by molar-refractivity contribution is 0.0914. The Morgan fingerprint density at radius 1 is 1.26 bits per heavy atom. The average molecular weight is 334 g/mol. The molecular formula is C17H20ClN3O2. The molecule has 1 fully saturated rings. The molecule has 0 radical (unpaired) electrons. The van der Waals surface area contributed by atoms with E-state index >= 15 is 0 Å². The molecule has 0 spiro atoms. The molecule has 3 N–H and O–H groups in total. The fourth-order valence-corrected chi connectivity index (χ4v) is 3.17. The van der Waals surface area contributed by atoms with Crippen LogP contribution >= 0.6 is 11.6 Å². The fraction of sp³-hybridized carbons (Fsp3) is 0.412. The number of nitrogens with zero attached hydrogens (tertiary/aromatic N) is 1. The van der Waals surface area contributed by atoms with Gasteiger partial charge in [0.25, 0.3) is 5.91 Å². The van der Waals surface area contributed by atoms with Crippen LogP contribution in [-0.4, -0.2) is 33.9 Å². The highest BCUT2D eigenvalue weighted by Gasteiger charge is 2.24. The lowest BCUT2D eigenvalue weighted by Gasteiger charge is -2.27. The molecule has 2 aromatic rings. The average Bonchev–Trinajstić information content (AvgIpc) is 3.06. The third-order valence-electron chi connectivity index (χ3n) is 4.46. The van der Waals surface area contributed by atoms with E-state index in [4.69, 9.17) is 11.6 Å². The molecule has 0 unspecified atom stereocenters. The maximum absolute atomic E-state index is 12.5. The normalized spacial score (nSPS) is 21.1. The van der Waals surface area contributed by atoms with Crippen molar-refractivity contribution < 1.29 is 9.90 Å². The van der Waals surface area contributed by atoms with Gasteiger partial charge in [0.05, 0.1) is 17.5 Å². The molecule has 1 amide bonds. The molecule has 6 heteroatoms. The molecule has 122 valence electrons. The Hall–Kier alpha value is -1.85. The number of nitrogens with one attached hydrogen (secondary N) is 2. The number of hydrogen-bond acceptors (Lipinski definition) is 3. The van der Waals surface area contributed by atoms with Crippen molar-refractivity contribution in [1.82, 2.24) is 15.5 Å². The van der Waals surface area contributed by atoms with Crippen molar-refractivity contribution >= 4 is 17.5 Å². The highest BCUT2D eigenvalue weighted by Crippen LogP contribution is 2.26. The largest absolute Gasteiger partial charge is 0.396 e. The lowest BCUT2D eigenvalue weighted by atomic mass is 9.86. The predicted octanol–water partition coefficient (Wildman–Crippen LogP) is 3.01. The van der Waals surface area contributed by atoms with Crippen molar-refractivity contribution in [3.05, 3.63) is 41.0 Å². The van der Waals surface area contributed by atoms with Crippen LogP contribution in [0.1, 0.15) is 36.0 Å². The fourth-order valence-electron chi connectivity index (χ4n) is 3.05. The Labute approximate surface area is 140 Å². The number of carbonyl (C=O) groups is 1. The quantitative estimate of drug-likeness (QED) is 0.804.